The fraction of sp³-hybridized carbons (Fsp3) is 1.00. The van der Waals surface area contributed by atoms with E-state index in [1.54, 1.807) is 7.11 Å². The summed E-state index contributed by atoms with van der Waals surface area (Å²) < 4.78 is 4.96. The SMILES string of the molecule is CCCCN(CC(O)CNCCOC)C(C)CC. The molecule has 0 bridgehead atoms. The van der Waals surface area contributed by atoms with Gasteiger partial charge in [-0.3, -0.25) is 4.90 Å². The Balaban J connectivity index is 3.89. The average molecular weight is 260 g/mol. The van der Waals surface area contributed by atoms with E-state index in [0.717, 1.165) is 26.1 Å². The number of ether oxygens (including phenoxy) is 1. The number of unbranched alkanes of at least 4 members (excludes halogenated alkanes) is 1. The van der Waals surface area contributed by atoms with Gasteiger partial charge in [0.05, 0.1) is 12.7 Å². The van der Waals surface area contributed by atoms with Crippen molar-refractivity contribution < 1.29 is 9.84 Å². The monoisotopic (exact) mass is 260 g/mol. The molecular formula is C14H32N2O2. The van der Waals surface area contributed by atoms with Crippen LogP contribution in [-0.4, -0.2) is 62.0 Å². The lowest BCUT2D eigenvalue weighted by molar-refractivity contribution is 0.0863. The Morgan fingerprint density at radius 2 is 2.06 bits per heavy atom. The molecule has 110 valence electrons. The molecule has 0 aromatic carbocycles. The van der Waals surface area contributed by atoms with Crippen molar-refractivity contribution >= 4 is 0 Å². The molecule has 0 aromatic heterocycles. The van der Waals surface area contributed by atoms with Crippen LogP contribution in [0.1, 0.15) is 40.0 Å². The Kier molecular flexibility index (Phi) is 11.8. The standard InChI is InChI=1S/C14H32N2O2/c1-5-7-9-16(13(3)6-2)12-14(17)11-15-8-10-18-4/h13-15,17H,5-12H2,1-4H3. The maximum atomic E-state index is 10.0. The van der Waals surface area contributed by atoms with Crippen molar-refractivity contribution in [1.29, 1.82) is 0 Å². The van der Waals surface area contributed by atoms with Crippen molar-refractivity contribution in [2.75, 3.05) is 39.9 Å². The van der Waals surface area contributed by atoms with Crippen molar-refractivity contribution in [1.82, 2.24) is 10.2 Å². The summed E-state index contributed by atoms with van der Waals surface area (Å²) in [6.07, 6.45) is 3.24. The molecule has 0 radical (unpaired) electrons. The van der Waals surface area contributed by atoms with Gasteiger partial charge >= 0.3 is 0 Å². The molecule has 0 saturated heterocycles. The molecule has 0 aromatic rings. The molecule has 0 aliphatic rings. The van der Waals surface area contributed by atoms with Crippen LogP contribution in [0.15, 0.2) is 0 Å². The first-order valence-corrected chi connectivity index (χ1v) is 7.27. The highest BCUT2D eigenvalue weighted by molar-refractivity contribution is 4.71. The van der Waals surface area contributed by atoms with Crippen LogP contribution in [0.5, 0.6) is 0 Å². The van der Waals surface area contributed by atoms with Crippen LogP contribution in [0.25, 0.3) is 0 Å². The van der Waals surface area contributed by atoms with Crippen LogP contribution in [0, 0.1) is 0 Å². The molecular weight excluding hydrogens is 228 g/mol. The van der Waals surface area contributed by atoms with Crippen LogP contribution in [-0.2, 0) is 4.74 Å². The molecule has 0 spiro atoms. The normalized spacial score (nSPS) is 15.0. The van der Waals surface area contributed by atoms with E-state index in [4.69, 9.17) is 4.74 Å². The molecule has 0 amide bonds. The van der Waals surface area contributed by atoms with E-state index in [0.29, 0.717) is 19.2 Å². The summed E-state index contributed by atoms with van der Waals surface area (Å²) >= 11 is 0. The lowest BCUT2D eigenvalue weighted by Crippen LogP contribution is -2.43. The minimum atomic E-state index is -0.298. The van der Waals surface area contributed by atoms with Crippen LogP contribution in [0.3, 0.4) is 0 Å². The maximum absolute atomic E-state index is 10.0. The number of rotatable bonds is 12. The van der Waals surface area contributed by atoms with Gasteiger partial charge in [0, 0.05) is 32.8 Å². The summed E-state index contributed by atoms with van der Waals surface area (Å²) in [5, 5.41) is 13.2. The Morgan fingerprint density at radius 1 is 1.33 bits per heavy atom. The Bertz CT molecular complexity index is 179. The molecule has 0 rings (SSSR count). The van der Waals surface area contributed by atoms with Crippen LogP contribution in [0.4, 0.5) is 0 Å². The van der Waals surface area contributed by atoms with Gasteiger partial charge in [-0.1, -0.05) is 20.3 Å². The second kappa shape index (κ2) is 11.9. The molecule has 0 aliphatic carbocycles. The summed E-state index contributed by atoms with van der Waals surface area (Å²) in [7, 11) is 1.69. The summed E-state index contributed by atoms with van der Waals surface area (Å²) in [5.74, 6) is 0. The van der Waals surface area contributed by atoms with E-state index in [2.05, 4.69) is 31.0 Å². The van der Waals surface area contributed by atoms with Gasteiger partial charge in [0.1, 0.15) is 0 Å². The largest absolute Gasteiger partial charge is 0.390 e. The molecule has 0 aliphatic heterocycles. The third-order valence-electron chi connectivity index (χ3n) is 3.32. The first kappa shape index (κ1) is 17.8. The van der Waals surface area contributed by atoms with Crippen LogP contribution >= 0.6 is 0 Å². The molecule has 4 heteroatoms. The predicted octanol–water partition coefficient (Wildman–Crippen LogP) is 1.48. The highest BCUT2D eigenvalue weighted by atomic mass is 16.5. The number of aliphatic hydroxyl groups excluding tert-OH is 1. The molecule has 0 heterocycles. The topological polar surface area (TPSA) is 44.7 Å². The van der Waals surface area contributed by atoms with Gasteiger partial charge in [0.2, 0.25) is 0 Å². The van der Waals surface area contributed by atoms with E-state index in [-0.39, 0.29) is 6.10 Å². The Labute approximate surface area is 113 Å². The van der Waals surface area contributed by atoms with Gasteiger partial charge in [0.25, 0.3) is 0 Å². The highest BCUT2D eigenvalue weighted by Gasteiger charge is 2.15. The predicted molar refractivity (Wildman–Crippen MR) is 77.0 cm³/mol. The van der Waals surface area contributed by atoms with E-state index in [1.165, 1.54) is 12.8 Å². The third-order valence-corrected chi connectivity index (χ3v) is 3.32. The molecule has 2 unspecified atom stereocenters. The van der Waals surface area contributed by atoms with Crippen molar-refractivity contribution in [3.63, 3.8) is 0 Å². The Hall–Kier alpha value is -0.160. The lowest BCUT2D eigenvalue weighted by Gasteiger charge is -2.30. The maximum Gasteiger partial charge on any atom is 0.0791 e. The van der Waals surface area contributed by atoms with Crippen molar-refractivity contribution in [2.45, 2.75) is 52.2 Å². The summed E-state index contributed by atoms with van der Waals surface area (Å²) in [5.41, 5.74) is 0. The first-order valence-electron chi connectivity index (χ1n) is 7.27. The highest BCUT2D eigenvalue weighted by Crippen LogP contribution is 2.06. The molecule has 2 N–H and O–H groups in total. The molecule has 4 nitrogen and oxygen atoms in total. The smallest absolute Gasteiger partial charge is 0.0791 e. The van der Waals surface area contributed by atoms with Gasteiger partial charge in [-0.2, -0.15) is 0 Å². The number of hydrogen-bond acceptors (Lipinski definition) is 4. The van der Waals surface area contributed by atoms with E-state index >= 15 is 0 Å². The van der Waals surface area contributed by atoms with Gasteiger partial charge in [0.15, 0.2) is 0 Å². The fourth-order valence-corrected chi connectivity index (χ4v) is 1.89. The zero-order valence-electron chi connectivity index (χ0n) is 12.6. The van der Waals surface area contributed by atoms with Gasteiger partial charge in [-0.05, 0) is 26.3 Å². The van der Waals surface area contributed by atoms with Gasteiger partial charge in [-0.25, -0.2) is 0 Å². The number of methoxy groups -OCH3 is 1. The van der Waals surface area contributed by atoms with Crippen molar-refractivity contribution in [3.8, 4) is 0 Å². The summed E-state index contributed by atoms with van der Waals surface area (Å²) in [6, 6.07) is 0.546. The van der Waals surface area contributed by atoms with Crippen LogP contribution in [0.2, 0.25) is 0 Å². The molecule has 2 atom stereocenters. The minimum Gasteiger partial charge on any atom is -0.390 e. The van der Waals surface area contributed by atoms with E-state index < -0.39 is 0 Å². The number of nitrogens with zero attached hydrogens (tertiary/aromatic N) is 1. The number of nitrogens with one attached hydrogen (secondary N) is 1. The zero-order valence-corrected chi connectivity index (χ0v) is 12.6. The van der Waals surface area contributed by atoms with E-state index in [9.17, 15) is 5.11 Å². The lowest BCUT2D eigenvalue weighted by atomic mass is 10.1. The molecule has 0 saturated carbocycles. The quantitative estimate of drug-likeness (QED) is 0.522. The van der Waals surface area contributed by atoms with Crippen molar-refractivity contribution in [3.05, 3.63) is 0 Å². The summed E-state index contributed by atoms with van der Waals surface area (Å²) in [6.45, 7) is 10.6. The fourth-order valence-electron chi connectivity index (χ4n) is 1.89. The number of aliphatic hydroxyl groups is 1. The second-order valence-corrected chi connectivity index (χ2v) is 4.96. The van der Waals surface area contributed by atoms with E-state index in [1.807, 2.05) is 0 Å². The van der Waals surface area contributed by atoms with Gasteiger partial charge in [-0.15, -0.1) is 0 Å². The zero-order chi connectivity index (χ0) is 13.8. The number of hydrogen-bond donors (Lipinski definition) is 2. The summed E-state index contributed by atoms with van der Waals surface area (Å²) in [4.78, 5) is 2.40. The third kappa shape index (κ3) is 8.86. The first-order chi connectivity index (χ1) is 8.65. The van der Waals surface area contributed by atoms with Gasteiger partial charge < -0.3 is 15.2 Å². The second-order valence-electron chi connectivity index (χ2n) is 4.96. The van der Waals surface area contributed by atoms with Crippen molar-refractivity contribution in [2.24, 2.45) is 0 Å². The average Bonchev–Trinajstić information content (AvgIpc) is 2.38. The minimum absolute atomic E-state index is 0.298. The Morgan fingerprint density at radius 3 is 2.61 bits per heavy atom. The molecule has 18 heavy (non-hydrogen) atoms. The molecule has 0 fully saturated rings. The van der Waals surface area contributed by atoms with Crippen LogP contribution < -0.4 is 5.32 Å².